The lowest BCUT2D eigenvalue weighted by atomic mass is 10.3. The van der Waals surface area contributed by atoms with Crippen LogP contribution in [0.3, 0.4) is 0 Å². The van der Waals surface area contributed by atoms with E-state index in [-0.39, 0.29) is 6.10 Å². The van der Waals surface area contributed by atoms with E-state index in [1.165, 1.54) is 0 Å². The first-order valence-electron chi connectivity index (χ1n) is 4.28. The van der Waals surface area contributed by atoms with Crippen molar-refractivity contribution in [2.45, 2.75) is 25.6 Å². The van der Waals surface area contributed by atoms with Crippen molar-refractivity contribution in [1.29, 1.82) is 0 Å². The Balaban J connectivity index is 1.75. The minimum absolute atomic E-state index is 0.118. The molecule has 2 atom stereocenters. The summed E-state index contributed by atoms with van der Waals surface area (Å²) in [6.07, 6.45) is 1.28. The fraction of sp³-hybridized carbons (Fsp3) is 1.00. The molecule has 0 saturated carbocycles. The van der Waals surface area contributed by atoms with E-state index in [9.17, 15) is 5.11 Å². The highest BCUT2D eigenvalue weighted by molar-refractivity contribution is 8.16. The second-order valence-corrected chi connectivity index (χ2v) is 5.30. The van der Waals surface area contributed by atoms with E-state index in [2.05, 4.69) is 0 Å². The molecular formula is C8H16O2S2. The van der Waals surface area contributed by atoms with Crippen molar-refractivity contribution in [1.82, 2.24) is 0 Å². The zero-order valence-electron chi connectivity index (χ0n) is 7.36. The van der Waals surface area contributed by atoms with Gasteiger partial charge in [0.25, 0.3) is 0 Å². The van der Waals surface area contributed by atoms with E-state index >= 15 is 0 Å². The zero-order chi connectivity index (χ0) is 8.81. The number of aliphatic hydroxyl groups excluding tert-OH is 1. The molecule has 2 nitrogen and oxygen atoms in total. The molecule has 0 aliphatic carbocycles. The summed E-state index contributed by atoms with van der Waals surface area (Å²) >= 11 is 3.72. The molecule has 1 fully saturated rings. The van der Waals surface area contributed by atoms with Crippen molar-refractivity contribution in [2.24, 2.45) is 0 Å². The van der Waals surface area contributed by atoms with Crippen molar-refractivity contribution in [3.63, 3.8) is 0 Å². The van der Waals surface area contributed by atoms with E-state index < -0.39 is 0 Å². The minimum Gasteiger partial charge on any atom is -0.392 e. The van der Waals surface area contributed by atoms with Gasteiger partial charge in [-0.25, -0.2) is 0 Å². The second kappa shape index (κ2) is 6.13. The lowest BCUT2D eigenvalue weighted by molar-refractivity contribution is 0.195. The molecule has 1 saturated heterocycles. The number of thioether (sulfide) groups is 2. The van der Waals surface area contributed by atoms with Gasteiger partial charge in [0.1, 0.15) is 0 Å². The second-order valence-electron chi connectivity index (χ2n) is 2.88. The molecule has 1 N–H and O–H groups in total. The first kappa shape index (κ1) is 10.7. The lowest BCUT2D eigenvalue weighted by Crippen LogP contribution is -2.07. The summed E-state index contributed by atoms with van der Waals surface area (Å²) in [5, 5.41) is 10.3. The van der Waals surface area contributed by atoms with Crippen molar-refractivity contribution >= 4 is 23.5 Å². The standard InChI is InChI=1S/C8H16O2S2/c1-2-7(9)4-11-6-12-5-8-3-10-8/h7-9H,2-6H2,1H3. The van der Waals surface area contributed by atoms with Gasteiger partial charge in [0, 0.05) is 16.6 Å². The van der Waals surface area contributed by atoms with Crippen LogP contribution in [0.2, 0.25) is 0 Å². The van der Waals surface area contributed by atoms with Gasteiger partial charge in [-0.05, 0) is 6.42 Å². The molecule has 1 rings (SSSR count). The maximum Gasteiger partial charge on any atom is 0.0900 e. The fourth-order valence-electron chi connectivity index (χ4n) is 0.705. The Morgan fingerprint density at radius 3 is 2.92 bits per heavy atom. The first-order valence-corrected chi connectivity index (χ1v) is 6.59. The molecule has 1 aliphatic rings. The quantitative estimate of drug-likeness (QED) is 0.391. The number of hydrogen-bond acceptors (Lipinski definition) is 4. The maximum atomic E-state index is 9.22. The number of aliphatic hydroxyl groups is 1. The Labute approximate surface area is 82.4 Å². The minimum atomic E-state index is -0.118. The van der Waals surface area contributed by atoms with Crippen molar-refractivity contribution in [3.05, 3.63) is 0 Å². The summed E-state index contributed by atoms with van der Waals surface area (Å²) in [4.78, 5) is 0. The zero-order valence-corrected chi connectivity index (χ0v) is 9.00. The van der Waals surface area contributed by atoms with Crippen molar-refractivity contribution in [3.8, 4) is 0 Å². The van der Waals surface area contributed by atoms with Gasteiger partial charge >= 0.3 is 0 Å². The molecule has 4 heteroatoms. The smallest absolute Gasteiger partial charge is 0.0900 e. The molecule has 0 aromatic rings. The molecule has 0 amide bonds. The van der Waals surface area contributed by atoms with E-state index in [0.29, 0.717) is 6.10 Å². The maximum absolute atomic E-state index is 9.22. The Morgan fingerprint density at radius 2 is 2.33 bits per heavy atom. The van der Waals surface area contributed by atoms with E-state index in [0.717, 1.165) is 29.6 Å². The van der Waals surface area contributed by atoms with Crippen LogP contribution in [0.1, 0.15) is 13.3 Å². The van der Waals surface area contributed by atoms with Gasteiger partial charge in [-0.15, -0.1) is 23.5 Å². The lowest BCUT2D eigenvalue weighted by Gasteiger charge is -2.05. The number of rotatable bonds is 7. The number of hydrogen-bond donors (Lipinski definition) is 1. The predicted octanol–water partition coefficient (Wildman–Crippen LogP) is 1.58. The topological polar surface area (TPSA) is 32.8 Å². The predicted molar refractivity (Wildman–Crippen MR) is 55.8 cm³/mol. The molecule has 12 heavy (non-hydrogen) atoms. The van der Waals surface area contributed by atoms with Crippen LogP contribution in [0.5, 0.6) is 0 Å². The molecule has 0 spiro atoms. The number of epoxide rings is 1. The summed E-state index contributed by atoms with van der Waals surface area (Å²) < 4.78 is 5.08. The Morgan fingerprint density at radius 1 is 1.58 bits per heavy atom. The third-order valence-corrected chi connectivity index (χ3v) is 4.22. The van der Waals surface area contributed by atoms with E-state index in [1.807, 2.05) is 30.4 Å². The van der Waals surface area contributed by atoms with Gasteiger partial charge in [-0.3, -0.25) is 0 Å². The van der Waals surface area contributed by atoms with Gasteiger partial charge < -0.3 is 9.84 Å². The summed E-state index contributed by atoms with van der Waals surface area (Å²) in [5.74, 6) is 1.99. The molecular weight excluding hydrogens is 192 g/mol. The highest BCUT2D eigenvalue weighted by atomic mass is 32.2. The van der Waals surface area contributed by atoms with Gasteiger partial charge in [0.2, 0.25) is 0 Å². The van der Waals surface area contributed by atoms with Crippen LogP contribution in [-0.4, -0.2) is 40.5 Å². The normalized spacial score (nSPS) is 24.0. The molecule has 1 aliphatic heterocycles. The molecule has 0 bridgehead atoms. The molecule has 0 radical (unpaired) electrons. The van der Waals surface area contributed by atoms with E-state index in [1.54, 1.807) is 0 Å². The Bertz CT molecular complexity index is 118. The largest absolute Gasteiger partial charge is 0.392 e. The average molecular weight is 208 g/mol. The molecule has 0 aromatic heterocycles. The Hall–Kier alpha value is 0.620. The SMILES string of the molecule is CCC(O)CSCSCC1CO1. The summed E-state index contributed by atoms with van der Waals surface area (Å²) in [7, 11) is 0. The highest BCUT2D eigenvalue weighted by Crippen LogP contribution is 2.20. The molecule has 72 valence electrons. The molecule has 1 heterocycles. The van der Waals surface area contributed by atoms with Crippen LogP contribution >= 0.6 is 23.5 Å². The van der Waals surface area contributed by atoms with Crippen molar-refractivity contribution < 1.29 is 9.84 Å². The van der Waals surface area contributed by atoms with Gasteiger partial charge in [0.05, 0.1) is 18.8 Å². The van der Waals surface area contributed by atoms with Crippen LogP contribution in [0.4, 0.5) is 0 Å². The van der Waals surface area contributed by atoms with Crippen LogP contribution in [0.15, 0.2) is 0 Å². The Kier molecular flexibility index (Phi) is 5.47. The fourth-order valence-corrected chi connectivity index (χ4v) is 2.91. The van der Waals surface area contributed by atoms with E-state index in [4.69, 9.17) is 4.74 Å². The highest BCUT2D eigenvalue weighted by Gasteiger charge is 2.21. The monoisotopic (exact) mass is 208 g/mol. The third-order valence-electron chi connectivity index (χ3n) is 1.65. The van der Waals surface area contributed by atoms with Crippen molar-refractivity contribution in [2.75, 3.05) is 23.2 Å². The van der Waals surface area contributed by atoms with Crippen LogP contribution in [-0.2, 0) is 4.74 Å². The number of ether oxygens (including phenoxy) is 1. The van der Waals surface area contributed by atoms with Gasteiger partial charge in [-0.1, -0.05) is 6.92 Å². The summed E-state index contributed by atoms with van der Waals surface area (Å²) in [6, 6.07) is 0. The summed E-state index contributed by atoms with van der Waals surface area (Å²) in [6.45, 7) is 2.96. The van der Waals surface area contributed by atoms with Crippen LogP contribution in [0.25, 0.3) is 0 Å². The van der Waals surface area contributed by atoms with Crippen LogP contribution in [0, 0.1) is 0 Å². The summed E-state index contributed by atoms with van der Waals surface area (Å²) in [5.41, 5.74) is 0. The first-order chi connectivity index (χ1) is 5.83. The average Bonchev–Trinajstić information content (AvgIpc) is 2.87. The third kappa shape index (κ3) is 5.30. The van der Waals surface area contributed by atoms with Gasteiger partial charge in [0.15, 0.2) is 0 Å². The molecule has 0 aromatic carbocycles. The molecule has 2 unspecified atom stereocenters. The van der Waals surface area contributed by atoms with Gasteiger partial charge in [-0.2, -0.15) is 0 Å². The van der Waals surface area contributed by atoms with Crippen LogP contribution < -0.4 is 0 Å².